The van der Waals surface area contributed by atoms with Crippen LogP contribution < -0.4 is 0 Å². The van der Waals surface area contributed by atoms with E-state index in [1.54, 1.807) is 18.0 Å². The van der Waals surface area contributed by atoms with Crippen LogP contribution in [0.3, 0.4) is 0 Å². The molecular weight excluding hydrogens is 218 g/mol. The predicted molar refractivity (Wildman–Crippen MR) is 65.8 cm³/mol. The van der Waals surface area contributed by atoms with E-state index in [4.69, 9.17) is 4.52 Å². The molecule has 0 aliphatic carbocycles. The molecule has 5 heteroatoms. The minimum absolute atomic E-state index is 0.0767. The first-order valence-corrected chi connectivity index (χ1v) is 5.90. The van der Waals surface area contributed by atoms with E-state index in [0.29, 0.717) is 18.0 Å². The minimum atomic E-state index is -0.0767. The van der Waals surface area contributed by atoms with Crippen LogP contribution in [0.4, 0.5) is 0 Å². The van der Waals surface area contributed by atoms with E-state index in [1.165, 1.54) is 0 Å². The van der Waals surface area contributed by atoms with Gasteiger partial charge in [-0.1, -0.05) is 18.5 Å². The van der Waals surface area contributed by atoms with E-state index in [-0.39, 0.29) is 5.91 Å². The highest BCUT2D eigenvalue weighted by Crippen LogP contribution is 2.08. The van der Waals surface area contributed by atoms with E-state index in [2.05, 4.69) is 12.1 Å². The molecule has 0 spiro atoms. The monoisotopic (exact) mass is 239 g/mol. The number of nitrogens with zero attached hydrogens (tertiary/aromatic N) is 3. The van der Waals surface area contributed by atoms with Crippen LogP contribution in [0.5, 0.6) is 0 Å². The van der Waals surface area contributed by atoms with E-state index in [9.17, 15) is 4.79 Å². The smallest absolute Gasteiger partial charge is 0.275 e. The van der Waals surface area contributed by atoms with Gasteiger partial charge in [-0.05, 0) is 20.5 Å². The molecule has 0 N–H and O–H groups in total. The summed E-state index contributed by atoms with van der Waals surface area (Å²) < 4.78 is 5.11. The highest BCUT2D eigenvalue weighted by Gasteiger charge is 2.16. The summed E-state index contributed by atoms with van der Waals surface area (Å²) in [6, 6.07) is 1.71. The lowest BCUT2D eigenvalue weighted by Gasteiger charge is -2.14. The first kappa shape index (κ1) is 13.7. The zero-order chi connectivity index (χ0) is 12.8. The van der Waals surface area contributed by atoms with Gasteiger partial charge < -0.3 is 14.3 Å². The van der Waals surface area contributed by atoms with Crippen LogP contribution in [0.1, 0.15) is 36.0 Å². The molecule has 1 heterocycles. The zero-order valence-corrected chi connectivity index (χ0v) is 11.1. The second-order valence-corrected chi connectivity index (χ2v) is 4.50. The second kappa shape index (κ2) is 6.39. The lowest BCUT2D eigenvalue weighted by Crippen LogP contribution is -2.27. The van der Waals surface area contributed by atoms with Crippen LogP contribution in [-0.2, 0) is 6.54 Å². The normalized spacial score (nSPS) is 10.9. The van der Waals surface area contributed by atoms with E-state index in [0.717, 1.165) is 19.4 Å². The Morgan fingerprint density at radius 3 is 2.71 bits per heavy atom. The summed E-state index contributed by atoms with van der Waals surface area (Å²) in [6.45, 7) is 3.51. The molecule has 0 saturated carbocycles. The minimum Gasteiger partial charge on any atom is -0.359 e. The van der Waals surface area contributed by atoms with Crippen molar-refractivity contribution in [3.05, 3.63) is 17.5 Å². The molecular formula is C12H21N3O2. The Kier molecular flexibility index (Phi) is 5.15. The van der Waals surface area contributed by atoms with Gasteiger partial charge in [0.2, 0.25) is 0 Å². The van der Waals surface area contributed by atoms with Crippen LogP contribution >= 0.6 is 0 Å². The standard InChI is InChI=1S/C12H21N3O2/c1-5-6-7-15(4)12(16)11-8-10(17-13-11)9-14(2)3/h8H,5-7,9H2,1-4H3. The van der Waals surface area contributed by atoms with Gasteiger partial charge >= 0.3 is 0 Å². The van der Waals surface area contributed by atoms with Crippen molar-refractivity contribution in [1.82, 2.24) is 15.0 Å². The summed E-state index contributed by atoms with van der Waals surface area (Å²) in [4.78, 5) is 15.6. The molecule has 1 amide bonds. The van der Waals surface area contributed by atoms with E-state index in [1.807, 2.05) is 19.0 Å². The molecule has 96 valence electrons. The second-order valence-electron chi connectivity index (χ2n) is 4.50. The molecule has 0 aliphatic rings. The number of unbranched alkanes of at least 4 members (excludes halogenated alkanes) is 1. The topological polar surface area (TPSA) is 49.6 Å². The number of rotatable bonds is 6. The lowest BCUT2D eigenvalue weighted by atomic mass is 10.3. The van der Waals surface area contributed by atoms with E-state index < -0.39 is 0 Å². The Morgan fingerprint density at radius 1 is 1.41 bits per heavy atom. The first-order chi connectivity index (χ1) is 8.04. The van der Waals surface area contributed by atoms with Crippen molar-refractivity contribution in [1.29, 1.82) is 0 Å². The first-order valence-electron chi connectivity index (χ1n) is 5.90. The molecule has 0 aromatic carbocycles. The number of carbonyl (C=O) groups is 1. The van der Waals surface area contributed by atoms with E-state index >= 15 is 0 Å². The summed E-state index contributed by atoms with van der Waals surface area (Å²) in [5.41, 5.74) is 0.389. The van der Waals surface area contributed by atoms with Gasteiger partial charge in [0.1, 0.15) is 0 Å². The van der Waals surface area contributed by atoms with Crippen molar-refractivity contribution in [2.45, 2.75) is 26.3 Å². The number of hydrogen-bond acceptors (Lipinski definition) is 4. The van der Waals surface area contributed by atoms with Gasteiger partial charge in [0, 0.05) is 19.7 Å². The summed E-state index contributed by atoms with van der Waals surface area (Å²) in [7, 11) is 5.67. The molecule has 1 aromatic heterocycles. The van der Waals surface area contributed by atoms with Gasteiger partial charge in [-0.3, -0.25) is 4.79 Å². The fourth-order valence-electron chi connectivity index (χ4n) is 1.49. The summed E-state index contributed by atoms with van der Waals surface area (Å²) in [5.74, 6) is 0.634. The third-order valence-corrected chi connectivity index (χ3v) is 2.44. The Balaban J connectivity index is 2.59. The molecule has 0 aliphatic heterocycles. The molecule has 17 heavy (non-hydrogen) atoms. The Hall–Kier alpha value is -1.36. The number of hydrogen-bond donors (Lipinski definition) is 0. The number of carbonyl (C=O) groups excluding carboxylic acids is 1. The van der Waals surface area contributed by atoms with Gasteiger partial charge in [0.25, 0.3) is 5.91 Å². The van der Waals surface area contributed by atoms with Crippen molar-refractivity contribution in [2.24, 2.45) is 0 Å². The maximum atomic E-state index is 11.9. The fraction of sp³-hybridized carbons (Fsp3) is 0.667. The quantitative estimate of drug-likeness (QED) is 0.756. The van der Waals surface area contributed by atoms with Crippen LogP contribution in [0.15, 0.2) is 10.6 Å². The summed E-state index contributed by atoms with van der Waals surface area (Å²) in [6.07, 6.45) is 2.08. The predicted octanol–water partition coefficient (Wildman–Crippen LogP) is 1.61. The van der Waals surface area contributed by atoms with Crippen molar-refractivity contribution in [3.63, 3.8) is 0 Å². The van der Waals surface area contributed by atoms with Crippen molar-refractivity contribution in [3.8, 4) is 0 Å². The van der Waals surface area contributed by atoms with Crippen LogP contribution in [-0.4, -0.2) is 48.6 Å². The third-order valence-electron chi connectivity index (χ3n) is 2.44. The van der Waals surface area contributed by atoms with Crippen molar-refractivity contribution in [2.75, 3.05) is 27.7 Å². The van der Waals surface area contributed by atoms with Crippen molar-refractivity contribution < 1.29 is 9.32 Å². The largest absolute Gasteiger partial charge is 0.359 e. The highest BCUT2D eigenvalue weighted by molar-refractivity contribution is 5.92. The van der Waals surface area contributed by atoms with Crippen LogP contribution in [0.25, 0.3) is 0 Å². The highest BCUT2D eigenvalue weighted by atomic mass is 16.5. The average molecular weight is 239 g/mol. The van der Waals surface area contributed by atoms with Gasteiger partial charge in [-0.15, -0.1) is 0 Å². The average Bonchev–Trinajstić information content (AvgIpc) is 2.72. The maximum absolute atomic E-state index is 11.9. The van der Waals surface area contributed by atoms with Gasteiger partial charge in [0.05, 0.1) is 6.54 Å². The lowest BCUT2D eigenvalue weighted by molar-refractivity contribution is 0.0783. The van der Waals surface area contributed by atoms with Gasteiger partial charge in [-0.2, -0.15) is 0 Å². The Bertz CT molecular complexity index is 360. The molecule has 0 saturated heterocycles. The molecule has 0 fully saturated rings. The van der Waals surface area contributed by atoms with Crippen LogP contribution in [0, 0.1) is 0 Å². The number of amides is 1. The third kappa shape index (κ3) is 4.19. The maximum Gasteiger partial charge on any atom is 0.275 e. The Labute approximate surface area is 102 Å². The van der Waals surface area contributed by atoms with Gasteiger partial charge in [-0.25, -0.2) is 0 Å². The van der Waals surface area contributed by atoms with Crippen LogP contribution in [0.2, 0.25) is 0 Å². The molecule has 5 nitrogen and oxygen atoms in total. The molecule has 0 radical (unpaired) electrons. The fourth-order valence-corrected chi connectivity index (χ4v) is 1.49. The Morgan fingerprint density at radius 2 is 2.12 bits per heavy atom. The molecule has 0 atom stereocenters. The summed E-state index contributed by atoms with van der Waals surface area (Å²) in [5, 5.41) is 3.81. The number of aromatic nitrogens is 1. The molecule has 0 bridgehead atoms. The SMILES string of the molecule is CCCCN(C)C(=O)c1cc(CN(C)C)on1. The summed E-state index contributed by atoms with van der Waals surface area (Å²) >= 11 is 0. The van der Waals surface area contributed by atoms with Gasteiger partial charge in [0.15, 0.2) is 11.5 Å². The zero-order valence-electron chi connectivity index (χ0n) is 11.1. The molecule has 1 aromatic rings. The molecule has 0 unspecified atom stereocenters. The van der Waals surface area contributed by atoms with Crippen molar-refractivity contribution >= 4 is 5.91 Å². The molecule has 1 rings (SSSR count).